The first-order chi connectivity index (χ1) is 7.29. The van der Waals surface area contributed by atoms with Gasteiger partial charge in [-0.1, -0.05) is 0 Å². The molecule has 0 saturated carbocycles. The van der Waals surface area contributed by atoms with Crippen LogP contribution in [0.25, 0.3) is 0 Å². The van der Waals surface area contributed by atoms with Crippen LogP contribution in [0, 0.1) is 5.92 Å². The number of carbonyl (C=O) groups excluding carboxylic acids is 1. The molecule has 0 spiro atoms. The van der Waals surface area contributed by atoms with Gasteiger partial charge in [-0.3, -0.25) is 4.79 Å². The highest BCUT2D eigenvalue weighted by Crippen LogP contribution is 2.32. The second-order valence-electron chi connectivity index (χ2n) is 4.59. The Morgan fingerprint density at radius 1 is 1.53 bits per heavy atom. The molecule has 0 aliphatic carbocycles. The number of carbonyl (C=O) groups is 1. The quantitative estimate of drug-likeness (QED) is 0.688. The maximum absolute atomic E-state index is 11.4. The van der Waals surface area contributed by atoms with Crippen LogP contribution >= 0.6 is 0 Å². The van der Waals surface area contributed by atoms with Gasteiger partial charge < -0.3 is 15.4 Å². The molecule has 2 N–H and O–H groups in total. The van der Waals surface area contributed by atoms with Crippen molar-refractivity contribution in [3.8, 4) is 0 Å². The monoisotopic (exact) mass is 212 g/mol. The van der Waals surface area contributed by atoms with Gasteiger partial charge in [-0.2, -0.15) is 0 Å². The molecule has 3 atom stereocenters. The Bertz CT molecular complexity index is 233. The van der Waals surface area contributed by atoms with Crippen molar-refractivity contribution in [3.05, 3.63) is 0 Å². The summed E-state index contributed by atoms with van der Waals surface area (Å²) >= 11 is 0. The lowest BCUT2D eigenvalue weighted by Gasteiger charge is -2.20. The fraction of sp³-hybridized carbons (Fsp3) is 0.909. The van der Waals surface area contributed by atoms with E-state index in [0.717, 1.165) is 12.6 Å². The van der Waals surface area contributed by atoms with Gasteiger partial charge in [-0.15, -0.1) is 0 Å². The third-order valence-corrected chi connectivity index (χ3v) is 3.53. The van der Waals surface area contributed by atoms with Gasteiger partial charge in [0.1, 0.15) is 0 Å². The number of amides is 1. The zero-order valence-corrected chi connectivity index (χ0v) is 9.29. The first-order valence-electron chi connectivity index (χ1n) is 5.81. The van der Waals surface area contributed by atoms with Gasteiger partial charge in [0.25, 0.3) is 0 Å². The van der Waals surface area contributed by atoms with Crippen LogP contribution in [0.1, 0.15) is 25.7 Å². The molecule has 1 amide bonds. The Kier molecular flexibility index (Phi) is 3.59. The molecule has 0 aromatic carbocycles. The fourth-order valence-corrected chi connectivity index (χ4v) is 2.69. The third-order valence-electron chi connectivity index (χ3n) is 3.53. The SMILES string of the molecule is COCCC(=O)NCC1CC2CCC1N2. The Morgan fingerprint density at radius 3 is 3.00 bits per heavy atom. The van der Waals surface area contributed by atoms with Gasteiger partial charge in [-0.05, 0) is 25.2 Å². The van der Waals surface area contributed by atoms with Gasteiger partial charge in [0.05, 0.1) is 6.61 Å². The Labute approximate surface area is 90.8 Å². The van der Waals surface area contributed by atoms with Crippen molar-refractivity contribution in [1.82, 2.24) is 10.6 Å². The molecular formula is C11H20N2O2. The predicted molar refractivity (Wildman–Crippen MR) is 57.6 cm³/mol. The molecule has 2 bridgehead atoms. The zero-order valence-electron chi connectivity index (χ0n) is 9.29. The number of ether oxygens (including phenoxy) is 1. The van der Waals surface area contributed by atoms with Crippen LogP contribution in [0.15, 0.2) is 0 Å². The Balaban J connectivity index is 1.64. The van der Waals surface area contributed by atoms with E-state index in [2.05, 4.69) is 10.6 Å². The lowest BCUT2D eigenvalue weighted by Crippen LogP contribution is -2.35. The maximum Gasteiger partial charge on any atom is 0.222 e. The summed E-state index contributed by atoms with van der Waals surface area (Å²) in [6.45, 7) is 1.34. The Morgan fingerprint density at radius 2 is 2.40 bits per heavy atom. The average Bonchev–Trinajstić information content (AvgIpc) is 2.84. The number of rotatable bonds is 5. The molecule has 15 heavy (non-hydrogen) atoms. The average molecular weight is 212 g/mol. The van der Waals surface area contributed by atoms with Crippen molar-refractivity contribution in [3.63, 3.8) is 0 Å². The summed E-state index contributed by atoms with van der Waals surface area (Å²) in [6.07, 6.45) is 4.31. The van der Waals surface area contributed by atoms with Crippen molar-refractivity contribution in [2.75, 3.05) is 20.3 Å². The van der Waals surface area contributed by atoms with Gasteiger partial charge in [0.15, 0.2) is 0 Å². The molecule has 3 unspecified atom stereocenters. The van der Waals surface area contributed by atoms with Crippen LogP contribution in [0.2, 0.25) is 0 Å². The minimum Gasteiger partial charge on any atom is -0.384 e. The highest BCUT2D eigenvalue weighted by molar-refractivity contribution is 5.75. The van der Waals surface area contributed by atoms with Crippen molar-refractivity contribution < 1.29 is 9.53 Å². The van der Waals surface area contributed by atoms with E-state index in [1.54, 1.807) is 7.11 Å². The highest BCUT2D eigenvalue weighted by atomic mass is 16.5. The number of hydrogen-bond acceptors (Lipinski definition) is 3. The van der Waals surface area contributed by atoms with E-state index < -0.39 is 0 Å². The lowest BCUT2D eigenvalue weighted by molar-refractivity contribution is -0.122. The number of hydrogen-bond donors (Lipinski definition) is 2. The molecule has 2 aliphatic rings. The summed E-state index contributed by atoms with van der Waals surface area (Å²) in [4.78, 5) is 11.4. The smallest absolute Gasteiger partial charge is 0.222 e. The molecule has 2 heterocycles. The van der Waals surface area contributed by atoms with Crippen LogP contribution in [0.4, 0.5) is 0 Å². The van der Waals surface area contributed by atoms with Gasteiger partial charge in [0, 0.05) is 32.2 Å². The van der Waals surface area contributed by atoms with Crippen LogP contribution in [0.5, 0.6) is 0 Å². The molecule has 2 rings (SSSR count). The van der Waals surface area contributed by atoms with Crippen LogP contribution in [0.3, 0.4) is 0 Å². The van der Waals surface area contributed by atoms with Crippen molar-refractivity contribution in [2.45, 2.75) is 37.8 Å². The topological polar surface area (TPSA) is 50.4 Å². The minimum atomic E-state index is 0.111. The number of nitrogens with one attached hydrogen (secondary N) is 2. The highest BCUT2D eigenvalue weighted by Gasteiger charge is 2.38. The fourth-order valence-electron chi connectivity index (χ4n) is 2.69. The molecule has 4 heteroatoms. The molecule has 0 radical (unpaired) electrons. The normalized spacial score (nSPS) is 33.3. The molecule has 4 nitrogen and oxygen atoms in total. The molecular weight excluding hydrogens is 192 g/mol. The summed E-state index contributed by atoms with van der Waals surface area (Å²) in [7, 11) is 1.62. The third kappa shape index (κ3) is 2.69. The van der Waals surface area contributed by atoms with Crippen LogP contribution in [-0.4, -0.2) is 38.3 Å². The van der Waals surface area contributed by atoms with E-state index in [1.165, 1.54) is 19.3 Å². The van der Waals surface area contributed by atoms with E-state index in [-0.39, 0.29) is 5.91 Å². The van der Waals surface area contributed by atoms with Gasteiger partial charge >= 0.3 is 0 Å². The number of methoxy groups -OCH3 is 1. The van der Waals surface area contributed by atoms with Crippen molar-refractivity contribution in [2.24, 2.45) is 5.92 Å². The van der Waals surface area contributed by atoms with E-state index >= 15 is 0 Å². The predicted octanol–water partition coefficient (Wildman–Crippen LogP) is 0.280. The largest absolute Gasteiger partial charge is 0.384 e. The lowest BCUT2D eigenvalue weighted by atomic mass is 9.89. The van der Waals surface area contributed by atoms with E-state index in [0.29, 0.717) is 25.0 Å². The number of fused-ring (bicyclic) bond motifs is 2. The summed E-state index contributed by atoms with van der Waals surface area (Å²) < 4.78 is 4.86. The first kappa shape index (κ1) is 10.9. The van der Waals surface area contributed by atoms with Crippen LogP contribution < -0.4 is 10.6 Å². The first-order valence-corrected chi connectivity index (χ1v) is 5.81. The van der Waals surface area contributed by atoms with Gasteiger partial charge in [-0.25, -0.2) is 0 Å². The molecule has 86 valence electrons. The van der Waals surface area contributed by atoms with E-state index in [1.807, 2.05) is 0 Å². The molecule has 2 saturated heterocycles. The summed E-state index contributed by atoms with van der Waals surface area (Å²) in [5, 5.41) is 6.55. The second kappa shape index (κ2) is 4.94. The molecule has 2 fully saturated rings. The standard InChI is InChI=1S/C11H20N2O2/c1-15-5-4-11(14)12-7-8-6-9-2-3-10(8)13-9/h8-10,13H,2-7H2,1H3,(H,12,14). The molecule has 0 aromatic heterocycles. The minimum absolute atomic E-state index is 0.111. The summed E-state index contributed by atoms with van der Waals surface area (Å²) in [5.41, 5.74) is 0. The van der Waals surface area contributed by atoms with Crippen molar-refractivity contribution >= 4 is 5.91 Å². The van der Waals surface area contributed by atoms with E-state index in [4.69, 9.17) is 4.74 Å². The Hall–Kier alpha value is -0.610. The molecule has 2 aliphatic heterocycles. The summed E-state index contributed by atoms with van der Waals surface area (Å²) in [5.74, 6) is 0.759. The zero-order chi connectivity index (χ0) is 10.7. The van der Waals surface area contributed by atoms with E-state index in [9.17, 15) is 4.79 Å². The van der Waals surface area contributed by atoms with Crippen molar-refractivity contribution in [1.29, 1.82) is 0 Å². The maximum atomic E-state index is 11.4. The second-order valence-corrected chi connectivity index (χ2v) is 4.59. The summed E-state index contributed by atoms with van der Waals surface area (Å²) in [6, 6.07) is 1.37. The van der Waals surface area contributed by atoms with Gasteiger partial charge in [0.2, 0.25) is 5.91 Å². The van der Waals surface area contributed by atoms with Crippen LogP contribution in [-0.2, 0) is 9.53 Å². The molecule has 0 aromatic rings.